The largest absolute Gasteiger partial charge is 0.481 e. The third-order valence-electron chi connectivity index (χ3n) is 1.69. The highest BCUT2D eigenvalue weighted by Gasteiger charge is 2.12. The number of aliphatic carboxylic acids is 1. The standard InChI is InChI=1S/C9H8N2O4/c1-5-3-11-9(14-5)6-4-10-7(15-6)2-8(12)13/h3-4H,2H2,1H3,(H,12,13). The molecule has 0 fully saturated rings. The Kier molecular flexibility index (Phi) is 2.24. The van der Waals surface area contributed by atoms with Crippen molar-refractivity contribution in [3.63, 3.8) is 0 Å². The minimum atomic E-state index is -0.994. The number of hydrogen-bond donors (Lipinski definition) is 1. The molecule has 0 bridgehead atoms. The van der Waals surface area contributed by atoms with Crippen molar-refractivity contribution < 1.29 is 18.7 Å². The van der Waals surface area contributed by atoms with E-state index in [0.29, 0.717) is 17.4 Å². The number of aromatic nitrogens is 2. The Morgan fingerprint density at radius 1 is 1.40 bits per heavy atom. The first-order valence-electron chi connectivity index (χ1n) is 4.24. The normalized spacial score (nSPS) is 10.5. The molecule has 0 aliphatic carbocycles. The van der Waals surface area contributed by atoms with Crippen LogP contribution < -0.4 is 0 Å². The van der Waals surface area contributed by atoms with Crippen LogP contribution in [0.4, 0.5) is 0 Å². The molecule has 0 atom stereocenters. The zero-order chi connectivity index (χ0) is 10.8. The fraction of sp³-hybridized carbons (Fsp3) is 0.222. The molecule has 0 aliphatic heterocycles. The second kappa shape index (κ2) is 3.56. The van der Waals surface area contributed by atoms with Crippen molar-refractivity contribution in [3.8, 4) is 11.7 Å². The van der Waals surface area contributed by atoms with Crippen LogP contribution >= 0.6 is 0 Å². The van der Waals surface area contributed by atoms with E-state index in [1.807, 2.05) is 0 Å². The maximum Gasteiger partial charge on any atom is 0.312 e. The molecule has 2 aromatic rings. The number of nitrogens with zero attached hydrogens (tertiary/aromatic N) is 2. The molecule has 0 unspecified atom stereocenters. The van der Waals surface area contributed by atoms with Crippen LogP contribution in [0.15, 0.2) is 21.2 Å². The first-order chi connectivity index (χ1) is 7.15. The first kappa shape index (κ1) is 9.45. The Labute approximate surface area is 84.6 Å². The summed E-state index contributed by atoms with van der Waals surface area (Å²) in [7, 11) is 0. The minimum absolute atomic E-state index is 0.133. The number of oxazole rings is 2. The molecular formula is C9H8N2O4. The van der Waals surface area contributed by atoms with E-state index in [4.69, 9.17) is 13.9 Å². The van der Waals surface area contributed by atoms with E-state index in [1.165, 1.54) is 6.20 Å². The highest BCUT2D eigenvalue weighted by atomic mass is 16.4. The lowest BCUT2D eigenvalue weighted by atomic mass is 10.4. The molecule has 78 valence electrons. The lowest BCUT2D eigenvalue weighted by molar-refractivity contribution is -0.136. The van der Waals surface area contributed by atoms with Crippen LogP contribution in [0.3, 0.4) is 0 Å². The molecule has 0 radical (unpaired) electrons. The van der Waals surface area contributed by atoms with E-state index in [9.17, 15) is 4.79 Å². The number of aryl methyl sites for hydroxylation is 1. The maximum absolute atomic E-state index is 10.4. The van der Waals surface area contributed by atoms with E-state index >= 15 is 0 Å². The Hall–Kier alpha value is -2.11. The van der Waals surface area contributed by atoms with Crippen molar-refractivity contribution in [1.82, 2.24) is 9.97 Å². The number of carboxylic acids is 1. The average molecular weight is 208 g/mol. The molecule has 0 amide bonds. The molecule has 2 aromatic heterocycles. The smallest absolute Gasteiger partial charge is 0.312 e. The van der Waals surface area contributed by atoms with Crippen LogP contribution in [0.5, 0.6) is 0 Å². The highest BCUT2D eigenvalue weighted by molar-refractivity contribution is 5.68. The SMILES string of the molecule is Cc1cnc(-c2cnc(CC(=O)O)o2)o1. The van der Waals surface area contributed by atoms with Crippen LogP contribution in [-0.4, -0.2) is 21.0 Å². The van der Waals surface area contributed by atoms with Gasteiger partial charge in [0.05, 0.1) is 12.4 Å². The summed E-state index contributed by atoms with van der Waals surface area (Å²) < 4.78 is 10.3. The molecule has 6 nitrogen and oxygen atoms in total. The topological polar surface area (TPSA) is 89.4 Å². The summed E-state index contributed by atoms with van der Waals surface area (Å²) in [6, 6.07) is 0. The van der Waals surface area contributed by atoms with Gasteiger partial charge in [-0.3, -0.25) is 4.79 Å². The van der Waals surface area contributed by atoms with Gasteiger partial charge in [-0.25, -0.2) is 9.97 Å². The van der Waals surface area contributed by atoms with Crippen LogP contribution in [0.1, 0.15) is 11.7 Å². The fourth-order valence-corrected chi connectivity index (χ4v) is 1.09. The molecule has 0 aliphatic rings. The predicted molar refractivity (Wildman–Crippen MR) is 48.1 cm³/mol. The van der Waals surface area contributed by atoms with Crippen molar-refractivity contribution in [2.75, 3.05) is 0 Å². The Morgan fingerprint density at radius 2 is 2.20 bits per heavy atom. The maximum atomic E-state index is 10.4. The quantitative estimate of drug-likeness (QED) is 0.816. The molecular weight excluding hydrogens is 200 g/mol. The Morgan fingerprint density at radius 3 is 2.80 bits per heavy atom. The Bertz CT molecular complexity index is 486. The molecule has 15 heavy (non-hydrogen) atoms. The highest BCUT2D eigenvalue weighted by Crippen LogP contribution is 2.19. The van der Waals surface area contributed by atoms with Crippen molar-refractivity contribution in [2.24, 2.45) is 0 Å². The molecule has 1 N–H and O–H groups in total. The fourth-order valence-electron chi connectivity index (χ4n) is 1.09. The first-order valence-corrected chi connectivity index (χ1v) is 4.24. The number of carboxylic acid groups (broad SMARTS) is 1. The second-order valence-corrected chi connectivity index (χ2v) is 2.96. The van der Waals surface area contributed by atoms with Gasteiger partial charge < -0.3 is 13.9 Å². The van der Waals surface area contributed by atoms with Gasteiger partial charge in [-0.15, -0.1) is 0 Å². The molecule has 2 heterocycles. The molecule has 0 aromatic carbocycles. The van der Waals surface area contributed by atoms with E-state index in [1.54, 1.807) is 13.1 Å². The monoisotopic (exact) mass is 208 g/mol. The van der Waals surface area contributed by atoms with Gasteiger partial charge in [0, 0.05) is 0 Å². The van der Waals surface area contributed by atoms with Crippen molar-refractivity contribution in [2.45, 2.75) is 13.3 Å². The van der Waals surface area contributed by atoms with Gasteiger partial charge in [0.1, 0.15) is 12.2 Å². The van der Waals surface area contributed by atoms with Crippen LogP contribution in [-0.2, 0) is 11.2 Å². The van der Waals surface area contributed by atoms with Crippen LogP contribution in [0.2, 0.25) is 0 Å². The summed E-state index contributed by atoms with van der Waals surface area (Å²) in [5.74, 6) is 0.428. The lowest BCUT2D eigenvalue weighted by Crippen LogP contribution is -1.99. The molecule has 2 rings (SSSR count). The third-order valence-corrected chi connectivity index (χ3v) is 1.69. The molecule has 0 saturated heterocycles. The minimum Gasteiger partial charge on any atom is -0.481 e. The van der Waals surface area contributed by atoms with Crippen molar-refractivity contribution >= 4 is 5.97 Å². The summed E-state index contributed by atoms with van der Waals surface area (Å²) >= 11 is 0. The number of rotatable bonds is 3. The zero-order valence-corrected chi connectivity index (χ0v) is 7.93. The van der Waals surface area contributed by atoms with Gasteiger partial charge in [-0.05, 0) is 6.92 Å². The van der Waals surface area contributed by atoms with Gasteiger partial charge in [0.15, 0.2) is 0 Å². The summed E-state index contributed by atoms with van der Waals surface area (Å²) in [6.45, 7) is 1.75. The van der Waals surface area contributed by atoms with E-state index in [0.717, 1.165) is 0 Å². The van der Waals surface area contributed by atoms with Crippen LogP contribution in [0.25, 0.3) is 11.7 Å². The predicted octanol–water partition coefficient (Wildman–Crippen LogP) is 1.27. The van der Waals surface area contributed by atoms with E-state index in [-0.39, 0.29) is 12.3 Å². The summed E-state index contributed by atoms with van der Waals surface area (Å²) in [5.41, 5.74) is 0. The van der Waals surface area contributed by atoms with Gasteiger partial charge in [0.2, 0.25) is 11.7 Å². The van der Waals surface area contributed by atoms with E-state index in [2.05, 4.69) is 9.97 Å². The third kappa shape index (κ3) is 2.04. The molecule has 0 saturated carbocycles. The van der Waals surface area contributed by atoms with Crippen molar-refractivity contribution in [3.05, 3.63) is 24.0 Å². The second-order valence-electron chi connectivity index (χ2n) is 2.96. The van der Waals surface area contributed by atoms with E-state index < -0.39 is 5.97 Å². The van der Waals surface area contributed by atoms with Gasteiger partial charge >= 0.3 is 5.97 Å². The lowest BCUT2D eigenvalue weighted by Gasteiger charge is -1.88. The van der Waals surface area contributed by atoms with Crippen LogP contribution in [0, 0.1) is 6.92 Å². The summed E-state index contributed by atoms with van der Waals surface area (Å²) in [4.78, 5) is 18.1. The van der Waals surface area contributed by atoms with Gasteiger partial charge in [-0.2, -0.15) is 0 Å². The molecule has 6 heteroatoms. The number of hydrogen-bond acceptors (Lipinski definition) is 5. The van der Waals surface area contributed by atoms with Crippen molar-refractivity contribution in [1.29, 1.82) is 0 Å². The average Bonchev–Trinajstić information content (AvgIpc) is 2.72. The summed E-state index contributed by atoms with van der Waals surface area (Å²) in [5, 5.41) is 8.51. The Balaban J connectivity index is 2.23. The zero-order valence-electron chi connectivity index (χ0n) is 7.93. The van der Waals surface area contributed by atoms with Gasteiger partial charge in [0.25, 0.3) is 5.89 Å². The number of carbonyl (C=O) groups is 1. The summed E-state index contributed by atoms with van der Waals surface area (Å²) in [6.07, 6.45) is 2.69. The van der Waals surface area contributed by atoms with Gasteiger partial charge in [-0.1, -0.05) is 0 Å². The molecule has 0 spiro atoms.